The minimum Gasteiger partial charge on any atom is -0.374 e. The fourth-order valence-electron chi connectivity index (χ4n) is 4.09. The molecule has 164 valence electrons. The fourth-order valence-corrected chi connectivity index (χ4v) is 5.19. The van der Waals surface area contributed by atoms with Crippen molar-refractivity contribution in [1.82, 2.24) is 20.0 Å². The summed E-state index contributed by atoms with van der Waals surface area (Å²) in [6.07, 6.45) is -0.00710. The normalized spacial score (nSPS) is 17.0. The highest BCUT2D eigenvalue weighted by Gasteiger charge is 2.22. The standard InChI is InChI=1S/C25H26N4O2S/c1-18-22-14-23(32-25(22)29(27-18)20-10-6-3-7-11-20)24(30)26-15-21-17-28(12-13-31-21)16-19-8-4-2-5-9-19/h2-11,14,21H,12-13,15-17H2,1H3,(H,26,30). The van der Waals surface area contributed by atoms with E-state index >= 15 is 0 Å². The molecule has 0 saturated carbocycles. The minimum absolute atomic E-state index is 0.00710. The van der Waals surface area contributed by atoms with Crippen molar-refractivity contribution in [2.24, 2.45) is 0 Å². The van der Waals surface area contributed by atoms with E-state index in [2.05, 4.69) is 39.6 Å². The summed E-state index contributed by atoms with van der Waals surface area (Å²) >= 11 is 1.47. The summed E-state index contributed by atoms with van der Waals surface area (Å²) in [6, 6.07) is 22.4. The second-order valence-corrected chi connectivity index (χ2v) is 9.12. The molecule has 2 aromatic heterocycles. The van der Waals surface area contributed by atoms with E-state index in [0.29, 0.717) is 18.0 Å². The van der Waals surface area contributed by atoms with Gasteiger partial charge in [-0.1, -0.05) is 48.5 Å². The Hall–Kier alpha value is -3.00. The van der Waals surface area contributed by atoms with Gasteiger partial charge in [-0.3, -0.25) is 9.69 Å². The first kappa shape index (κ1) is 20.9. The largest absolute Gasteiger partial charge is 0.374 e. The van der Waals surface area contributed by atoms with Crippen LogP contribution < -0.4 is 5.32 Å². The molecule has 1 unspecified atom stereocenters. The molecular formula is C25H26N4O2S. The average molecular weight is 447 g/mol. The average Bonchev–Trinajstić information content (AvgIpc) is 3.40. The van der Waals surface area contributed by atoms with Crippen LogP contribution in [0.15, 0.2) is 66.7 Å². The third kappa shape index (κ3) is 4.46. The van der Waals surface area contributed by atoms with Crippen LogP contribution in [-0.2, 0) is 11.3 Å². The molecule has 2 aromatic carbocycles. The first-order valence-electron chi connectivity index (χ1n) is 10.9. The third-order valence-corrected chi connectivity index (χ3v) is 6.84. The van der Waals surface area contributed by atoms with Crippen molar-refractivity contribution >= 4 is 27.5 Å². The first-order chi connectivity index (χ1) is 15.7. The van der Waals surface area contributed by atoms with Crippen molar-refractivity contribution < 1.29 is 9.53 Å². The van der Waals surface area contributed by atoms with Crippen LogP contribution in [0.4, 0.5) is 0 Å². The second kappa shape index (κ2) is 9.24. The Morgan fingerprint density at radius 2 is 1.91 bits per heavy atom. The van der Waals surface area contributed by atoms with Gasteiger partial charge in [0, 0.05) is 31.6 Å². The SMILES string of the molecule is Cc1nn(-c2ccccc2)c2sc(C(=O)NCC3CN(Cc4ccccc4)CCO3)cc12. The quantitative estimate of drug-likeness (QED) is 0.486. The van der Waals surface area contributed by atoms with Crippen molar-refractivity contribution in [3.63, 3.8) is 0 Å². The summed E-state index contributed by atoms with van der Waals surface area (Å²) in [7, 11) is 0. The molecule has 1 saturated heterocycles. The topological polar surface area (TPSA) is 59.4 Å². The molecule has 0 spiro atoms. The predicted molar refractivity (Wildman–Crippen MR) is 127 cm³/mol. The number of rotatable bonds is 6. The smallest absolute Gasteiger partial charge is 0.261 e. The van der Waals surface area contributed by atoms with Gasteiger partial charge in [0.05, 0.1) is 29.0 Å². The van der Waals surface area contributed by atoms with E-state index in [-0.39, 0.29) is 12.0 Å². The van der Waals surface area contributed by atoms with Crippen molar-refractivity contribution in [1.29, 1.82) is 0 Å². The number of thiophene rings is 1. The van der Waals surface area contributed by atoms with Gasteiger partial charge in [0.15, 0.2) is 0 Å². The van der Waals surface area contributed by atoms with Gasteiger partial charge in [-0.2, -0.15) is 5.10 Å². The number of carbonyl (C=O) groups is 1. The van der Waals surface area contributed by atoms with Crippen LogP contribution in [0, 0.1) is 6.92 Å². The lowest BCUT2D eigenvalue weighted by atomic mass is 10.2. The number of hydrogen-bond acceptors (Lipinski definition) is 5. The van der Waals surface area contributed by atoms with Gasteiger partial charge in [-0.25, -0.2) is 4.68 Å². The number of nitrogens with one attached hydrogen (secondary N) is 1. The summed E-state index contributed by atoms with van der Waals surface area (Å²) in [6.45, 7) is 5.78. The van der Waals surface area contributed by atoms with E-state index in [1.807, 2.05) is 54.1 Å². The van der Waals surface area contributed by atoms with Crippen LogP contribution >= 0.6 is 11.3 Å². The zero-order valence-corrected chi connectivity index (χ0v) is 18.8. The van der Waals surface area contributed by atoms with Gasteiger partial charge < -0.3 is 10.1 Å². The lowest BCUT2D eigenvalue weighted by Gasteiger charge is -2.33. The molecule has 0 aliphatic carbocycles. The van der Waals surface area contributed by atoms with Crippen molar-refractivity contribution in [3.8, 4) is 5.69 Å². The number of nitrogens with zero attached hydrogens (tertiary/aromatic N) is 3. The molecule has 32 heavy (non-hydrogen) atoms. The number of aromatic nitrogens is 2. The molecule has 1 N–H and O–H groups in total. The fraction of sp³-hybridized carbons (Fsp3) is 0.280. The summed E-state index contributed by atoms with van der Waals surface area (Å²) in [5, 5.41) is 8.75. The molecule has 1 fully saturated rings. The predicted octanol–water partition coefficient (Wildman–Crippen LogP) is 4.03. The maximum atomic E-state index is 12.9. The number of amides is 1. The maximum Gasteiger partial charge on any atom is 0.261 e. The van der Waals surface area contributed by atoms with Crippen LogP contribution in [0.3, 0.4) is 0 Å². The van der Waals surface area contributed by atoms with Crippen LogP contribution in [0.5, 0.6) is 0 Å². The van der Waals surface area contributed by atoms with E-state index in [9.17, 15) is 4.79 Å². The van der Waals surface area contributed by atoms with Crippen LogP contribution in [0.25, 0.3) is 15.9 Å². The molecule has 5 rings (SSSR count). The number of hydrogen-bond donors (Lipinski definition) is 1. The summed E-state index contributed by atoms with van der Waals surface area (Å²) in [4.78, 5) is 17.0. The van der Waals surface area contributed by atoms with Gasteiger partial charge >= 0.3 is 0 Å². The van der Waals surface area contributed by atoms with Crippen molar-refractivity contribution in [2.75, 3.05) is 26.2 Å². The van der Waals surface area contributed by atoms with E-state index in [4.69, 9.17) is 4.74 Å². The highest BCUT2D eigenvalue weighted by atomic mass is 32.1. The van der Waals surface area contributed by atoms with Gasteiger partial charge in [-0.15, -0.1) is 11.3 Å². The Balaban J connectivity index is 1.23. The number of fused-ring (bicyclic) bond motifs is 1. The minimum atomic E-state index is -0.0611. The van der Waals surface area contributed by atoms with E-state index < -0.39 is 0 Å². The number of benzene rings is 2. The molecule has 0 bridgehead atoms. The molecule has 4 aromatic rings. The molecule has 0 radical (unpaired) electrons. The highest BCUT2D eigenvalue weighted by Crippen LogP contribution is 2.30. The van der Waals surface area contributed by atoms with Gasteiger partial charge in [-0.05, 0) is 30.7 Å². The zero-order valence-electron chi connectivity index (χ0n) is 18.0. The maximum absolute atomic E-state index is 12.9. The zero-order chi connectivity index (χ0) is 21.9. The van der Waals surface area contributed by atoms with E-state index in [1.54, 1.807) is 0 Å². The van der Waals surface area contributed by atoms with Crippen molar-refractivity contribution in [2.45, 2.75) is 19.6 Å². The summed E-state index contributed by atoms with van der Waals surface area (Å²) < 4.78 is 7.82. The van der Waals surface area contributed by atoms with Gasteiger partial charge in [0.25, 0.3) is 5.91 Å². The molecule has 3 heterocycles. The summed E-state index contributed by atoms with van der Waals surface area (Å²) in [5.74, 6) is -0.0611. The molecule has 1 aliphatic heterocycles. The number of para-hydroxylation sites is 1. The lowest BCUT2D eigenvalue weighted by Crippen LogP contribution is -2.47. The lowest BCUT2D eigenvalue weighted by molar-refractivity contribution is -0.0292. The number of aryl methyl sites for hydroxylation is 1. The highest BCUT2D eigenvalue weighted by molar-refractivity contribution is 7.20. The van der Waals surface area contributed by atoms with Crippen LogP contribution in [-0.4, -0.2) is 52.9 Å². The van der Waals surface area contributed by atoms with Gasteiger partial charge in [0.1, 0.15) is 4.83 Å². The number of carbonyl (C=O) groups excluding carboxylic acids is 1. The van der Waals surface area contributed by atoms with E-state index in [1.165, 1.54) is 16.9 Å². The summed E-state index contributed by atoms with van der Waals surface area (Å²) in [5.41, 5.74) is 3.21. The molecular weight excluding hydrogens is 420 g/mol. The Labute approximate surface area is 191 Å². The number of morpholine rings is 1. The Bertz CT molecular complexity index is 1200. The van der Waals surface area contributed by atoms with E-state index in [0.717, 1.165) is 41.2 Å². The molecule has 6 nitrogen and oxygen atoms in total. The van der Waals surface area contributed by atoms with Crippen LogP contribution in [0.2, 0.25) is 0 Å². The van der Waals surface area contributed by atoms with Gasteiger partial charge in [0.2, 0.25) is 0 Å². The Kier molecular flexibility index (Phi) is 6.03. The molecule has 7 heteroatoms. The Morgan fingerprint density at radius 3 is 2.69 bits per heavy atom. The Morgan fingerprint density at radius 1 is 1.16 bits per heavy atom. The molecule has 1 atom stereocenters. The molecule has 1 amide bonds. The third-order valence-electron chi connectivity index (χ3n) is 5.73. The number of ether oxygens (including phenoxy) is 1. The first-order valence-corrected chi connectivity index (χ1v) is 11.7. The van der Waals surface area contributed by atoms with Crippen molar-refractivity contribution in [3.05, 3.63) is 82.9 Å². The second-order valence-electron chi connectivity index (χ2n) is 8.09. The monoisotopic (exact) mass is 446 g/mol. The molecule has 1 aliphatic rings. The van der Waals surface area contributed by atoms with Crippen LogP contribution in [0.1, 0.15) is 20.9 Å².